The van der Waals surface area contributed by atoms with Crippen LogP contribution in [0, 0.1) is 5.92 Å². The van der Waals surface area contributed by atoms with Gasteiger partial charge >= 0.3 is 0 Å². The van der Waals surface area contributed by atoms with Crippen molar-refractivity contribution >= 4 is 0 Å². The Morgan fingerprint density at radius 2 is 0.351 bits per heavy atom. The van der Waals surface area contributed by atoms with Crippen LogP contribution < -0.4 is 0 Å². The maximum absolute atomic E-state index is 5.95. The first kappa shape index (κ1) is 56.8. The fourth-order valence-electron chi connectivity index (χ4n) is 8.00. The predicted octanol–water partition coefficient (Wildman–Crippen LogP) is 17.7. The number of hydrogen-bond donors (Lipinski definition) is 0. The Bertz CT molecular complexity index is 671. The van der Waals surface area contributed by atoms with Gasteiger partial charge in [-0.25, -0.2) is 0 Å². The van der Waals surface area contributed by atoms with Gasteiger partial charge in [0.05, 0.1) is 0 Å². The molecule has 0 spiro atoms. The molecular formula is C53H107O4. The summed E-state index contributed by atoms with van der Waals surface area (Å²) < 4.78 is 23.6. The molecule has 0 aliphatic heterocycles. The fraction of sp³-hybridized carbons (Fsp3) is 0.981. The standard InChI is InChI=1S/C53H107O4/c1-4-7-10-13-15-17-26-36-46-55-49-38-28-19-22-32-43-53(42-31-21-18-27-37-48-54-45-34-24-12-9-6-3)44-33-23-20-29-39-50-57-52-41-30-40-51-56-47-35-25-16-14-11-8-5-2/h4-52H2,1-3H3. The minimum Gasteiger partial charge on any atom is -0.381 e. The van der Waals surface area contributed by atoms with Gasteiger partial charge in [0, 0.05) is 52.9 Å². The summed E-state index contributed by atoms with van der Waals surface area (Å²) >= 11 is 0. The van der Waals surface area contributed by atoms with Crippen molar-refractivity contribution in [3.8, 4) is 0 Å². The molecule has 0 aromatic rings. The average Bonchev–Trinajstić information content (AvgIpc) is 3.22. The van der Waals surface area contributed by atoms with Crippen LogP contribution in [0.5, 0.6) is 0 Å². The summed E-state index contributed by atoms with van der Waals surface area (Å²) in [6.07, 6.45) is 55.1. The quantitative estimate of drug-likeness (QED) is 0.0574. The highest BCUT2D eigenvalue weighted by Gasteiger charge is 2.10. The average molecular weight is 808 g/mol. The summed E-state index contributed by atoms with van der Waals surface area (Å²) in [7, 11) is 0. The molecule has 0 N–H and O–H groups in total. The van der Waals surface area contributed by atoms with E-state index in [0.717, 1.165) is 52.9 Å². The Morgan fingerprint density at radius 1 is 0.193 bits per heavy atom. The molecule has 0 atom stereocenters. The lowest BCUT2D eigenvalue weighted by Gasteiger charge is -2.16. The van der Waals surface area contributed by atoms with Gasteiger partial charge in [-0.15, -0.1) is 0 Å². The van der Waals surface area contributed by atoms with Gasteiger partial charge in [0.1, 0.15) is 0 Å². The highest BCUT2D eigenvalue weighted by molar-refractivity contribution is 4.89. The molecule has 0 heterocycles. The lowest BCUT2D eigenvalue weighted by Crippen LogP contribution is -2.01. The van der Waals surface area contributed by atoms with Gasteiger partial charge in [-0.2, -0.15) is 0 Å². The Hall–Kier alpha value is -0.160. The van der Waals surface area contributed by atoms with Gasteiger partial charge in [0.15, 0.2) is 0 Å². The first-order chi connectivity index (χ1) is 28.3. The molecule has 0 saturated carbocycles. The predicted molar refractivity (Wildman–Crippen MR) is 253 cm³/mol. The third-order valence-corrected chi connectivity index (χ3v) is 12.0. The second-order valence-electron chi connectivity index (χ2n) is 17.8. The zero-order chi connectivity index (χ0) is 41.1. The normalized spacial score (nSPS) is 11.8. The summed E-state index contributed by atoms with van der Waals surface area (Å²) in [5.74, 6) is 1.88. The third kappa shape index (κ3) is 51.9. The van der Waals surface area contributed by atoms with E-state index in [-0.39, 0.29) is 0 Å². The van der Waals surface area contributed by atoms with Crippen LogP contribution in [0.2, 0.25) is 0 Å². The summed E-state index contributed by atoms with van der Waals surface area (Å²) in [5.41, 5.74) is 0. The molecule has 0 amide bonds. The second kappa shape index (κ2) is 53.9. The Labute approximate surface area is 360 Å². The molecule has 0 aromatic heterocycles. The van der Waals surface area contributed by atoms with Gasteiger partial charge < -0.3 is 18.9 Å². The van der Waals surface area contributed by atoms with E-state index in [0.29, 0.717) is 0 Å². The van der Waals surface area contributed by atoms with Gasteiger partial charge in [-0.05, 0) is 83.0 Å². The molecule has 0 aliphatic carbocycles. The highest BCUT2D eigenvalue weighted by Crippen LogP contribution is 2.26. The molecule has 0 rings (SSSR count). The summed E-state index contributed by atoms with van der Waals surface area (Å²) in [4.78, 5) is 0. The largest absolute Gasteiger partial charge is 0.381 e. The highest BCUT2D eigenvalue weighted by atomic mass is 16.5. The fourth-order valence-corrected chi connectivity index (χ4v) is 8.00. The first-order valence-electron chi connectivity index (χ1n) is 26.5. The Morgan fingerprint density at radius 3 is 0.561 bits per heavy atom. The van der Waals surface area contributed by atoms with E-state index in [1.165, 1.54) is 263 Å². The van der Waals surface area contributed by atoms with Crippen molar-refractivity contribution in [2.24, 2.45) is 0 Å². The van der Waals surface area contributed by atoms with Gasteiger partial charge in [-0.3, -0.25) is 0 Å². The molecule has 0 aliphatic rings. The van der Waals surface area contributed by atoms with E-state index in [4.69, 9.17) is 18.9 Å². The van der Waals surface area contributed by atoms with E-state index in [1.807, 2.05) is 5.92 Å². The van der Waals surface area contributed by atoms with Crippen LogP contribution >= 0.6 is 0 Å². The van der Waals surface area contributed by atoms with Crippen LogP contribution in [0.3, 0.4) is 0 Å². The van der Waals surface area contributed by atoms with Crippen molar-refractivity contribution in [1.29, 1.82) is 0 Å². The summed E-state index contributed by atoms with van der Waals surface area (Å²) in [5, 5.41) is 0. The maximum atomic E-state index is 5.95. The van der Waals surface area contributed by atoms with Crippen LogP contribution in [0.4, 0.5) is 0 Å². The molecule has 0 aromatic carbocycles. The van der Waals surface area contributed by atoms with Crippen LogP contribution in [-0.4, -0.2) is 52.9 Å². The molecule has 0 saturated heterocycles. The third-order valence-electron chi connectivity index (χ3n) is 12.0. The monoisotopic (exact) mass is 808 g/mol. The minimum atomic E-state index is 0.927. The van der Waals surface area contributed by atoms with Crippen LogP contribution in [0.25, 0.3) is 0 Å². The van der Waals surface area contributed by atoms with E-state index < -0.39 is 0 Å². The number of rotatable bonds is 53. The van der Waals surface area contributed by atoms with Crippen molar-refractivity contribution in [1.82, 2.24) is 0 Å². The maximum Gasteiger partial charge on any atom is 0.0466 e. The zero-order valence-corrected chi connectivity index (χ0v) is 39.8. The van der Waals surface area contributed by atoms with Crippen molar-refractivity contribution < 1.29 is 18.9 Å². The second-order valence-corrected chi connectivity index (χ2v) is 17.8. The summed E-state index contributed by atoms with van der Waals surface area (Å²) in [6.45, 7) is 14.5. The van der Waals surface area contributed by atoms with Crippen molar-refractivity contribution in [2.45, 2.75) is 284 Å². The van der Waals surface area contributed by atoms with Gasteiger partial charge in [-0.1, -0.05) is 207 Å². The van der Waals surface area contributed by atoms with Crippen molar-refractivity contribution in [3.05, 3.63) is 5.92 Å². The Balaban J connectivity index is 3.90. The number of hydrogen-bond acceptors (Lipinski definition) is 4. The smallest absolute Gasteiger partial charge is 0.0466 e. The van der Waals surface area contributed by atoms with E-state index in [9.17, 15) is 0 Å². The molecule has 4 nitrogen and oxygen atoms in total. The zero-order valence-electron chi connectivity index (χ0n) is 39.8. The first-order valence-corrected chi connectivity index (χ1v) is 26.5. The molecule has 57 heavy (non-hydrogen) atoms. The number of ether oxygens (including phenoxy) is 4. The summed E-state index contributed by atoms with van der Waals surface area (Å²) in [6, 6.07) is 0. The molecule has 0 fully saturated rings. The topological polar surface area (TPSA) is 36.9 Å². The molecule has 1 radical (unpaired) electrons. The number of unbranched alkanes of at least 4 members (excludes halogenated alkanes) is 31. The van der Waals surface area contributed by atoms with Crippen LogP contribution in [-0.2, 0) is 18.9 Å². The Kier molecular flexibility index (Phi) is 53.7. The van der Waals surface area contributed by atoms with Crippen LogP contribution in [0.15, 0.2) is 0 Å². The van der Waals surface area contributed by atoms with E-state index in [1.54, 1.807) is 0 Å². The van der Waals surface area contributed by atoms with E-state index >= 15 is 0 Å². The molecular weight excluding hydrogens is 701 g/mol. The van der Waals surface area contributed by atoms with Gasteiger partial charge in [0.25, 0.3) is 0 Å². The van der Waals surface area contributed by atoms with Crippen LogP contribution in [0.1, 0.15) is 284 Å². The van der Waals surface area contributed by atoms with Gasteiger partial charge in [0.2, 0.25) is 0 Å². The van der Waals surface area contributed by atoms with Crippen molar-refractivity contribution in [3.63, 3.8) is 0 Å². The lowest BCUT2D eigenvalue weighted by molar-refractivity contribution is 0.111. The molecule has 4 heteroatoms. The lowest BCUT2D eigenvalue weighted by atomic mass is 9.89. The van der Waals surface area contributed by atoms with E-state index in [2.05, 4.69) is 20.8 Å². The molecule has 343 valence electrons. The van der Waals surface area contributed by atoms with Crippen molar-refractivity contribution in [2.75, 3.05) is 52.9 Å². The molecule has 0 bridgehead atoms. The minimum absolute atomic E-state index is 0.927. The molecule has 0 unspecified atom stereocenters. The SMILES string of the molecule is CCCCCCCCCCOCCCCCCC[C](CCCCCCCOCCCCCCC)CCCCCCCOCCCCCOCCCCCCCCC.